The lowest BCUT2D eigenvalue weighted by molar-refractivity contribution is 0.276. The summed E-state index contributed by atoms with van der Waals surface area (Å²) in [7, 11) is 0. The number of hydrogen-bond acceptors (Lipinski definition) is 5. The molecule has 0 atom stereocenters. The molecule has 7 heteroatoms. The molecule has 0 saturated carbocycles. The van der Waals surface area contributed by atoms with Gasteiger partial charge >= 0.3 is 0 Å². The van der Waals surface area contributed by atoms with Crippen LogP contribution < -0.4 is 10.7 Å². The number of nitrogens with zero attached hydrogens (tertiary/aromatic N) is 1. The van der Waals surface area contributed by atoms with Gasteiger partial charge < -0.3 is 15.4 Å². The fourth-order valence-corrected chi connectivity index (χ4v) is 3.15. The van der Waals surface area contributed by atoms with E-state index in [0.29, 0.717) is 11.4 Å². The Morgan fingerprint density at radius 3 is 2.91 bits per heavy atom. The van der Waals surface area contributed by atoms with Crippen molar-refractivity contribution in [2.45, 2.75) is 26.5 Å². The smallest absolute Gasteiger partial charge is 0.190 e. The Balaban J connectivity index is 2.13. The molecule has 0 fully saturated rings. The fraction of sp³-hybridized carbons (Fsp3) is 0.250. The predicted octanol–water partition coefficient (Wildman–Crippen LogP) is 3.10. The fourth-order valence-electron chi connectivity index (χ4n) is 2.30. The second-order valence-corrected chi connectivity index (χ2v) is 6.36. The summed E-state index contributed by atoms with van der Waals surface area (Å²) < 4.78 is 14.4. The van der Waals surface area contributed by atoms with Crippen molar-refractivity contribution in [1.82, 2.24) is 9.97 Å². The van der Waals surface area contributed by atoms with Gasteiger partial charge in [-0.2, -0.15) is 0 Å². The average Bonchev–Trinajstić information content (AvgIpc) is 2.96. The molecule has 0 bridgehead atoms. The number of fused-ring (bicyclic) bond motifs is 1. The number of benzene rings is 1. The van der Waals surface area contributed by atoms with Gasteiger partial charge in [-0.25, -0.2) is 9.37 Å². The summed E-state index contributed by atoms with van der Waals surface area (Å²) in [6.07, 6.45) is 0. The third-order valence-corrected chi connectivity index (χ3v) is 4.16. The van der Waals surface area contributed by atoms with Gasteiger partial charge in [0.15, 0.2) is 16.4 Å². The minimum Gasteiger partial charge on any atom is -0.392 e. The monoisotopic (exact) mass is 333 g/mol. The molecule has 0 saturated heterocycles. The van der Waals surface area contributed by atoms with E-state index in [9.17, 15) is 9.18 Å². The largest absolute Gasteiger partial charge is 0.392 e. The van der Waals surface area contributed by atoms with E-state index < -0.39 is 12.4 Å². The number of aliphatic hydroxyl groups is 1. The van der Waals surface area contributed by atoms with Gasteiger partial charge in [0.05, 0.1) is 23.5 Å². The number of thiazole rings is 1. The van der Waals surface area contributed by atoms with Crippen LogP contribution in [0.3, 0.4) is 0 Å². The Kier molecular flexibility index (Phi) is 4.14. The van der Waals surface area contributed by atoms with E-state index in [1.807, 2.05) is 13.8 Å². The van der Waals surface area contributed by atoms with Crippen molar-refractivity contribution in [2.24, 2.45) is 0 Å². The molecule has 0 aliphatic carbocycles. The number of aromatic nitrogens is 2. The summed E-state index contributed by atoms with van der Waals surface area (Å²) in [5, 5.41) is 15.1. The molecule has 0 amide bonds. The lowest BCUT2D eigenvalue weighted by Gasteiger charge is -2.06. The second kappa shape index (κ2) is 6.10. The lowest BCUT2D eigenvalue weighted by Crippen LogP contribution is -2.09. The molecule has 3 N–H and O–H groups in total. The third-order valence-electron chi connectivity index (χ3n) is 3.39. The molecule has 0 radical (unpaired) electrons. The maximum Gasteiger partial charge on any atom is 0.190 e. The van der Waals surface area contributed by atoms with Crippen molar-refractivity contribution < 1.29 is 9.50 Å². The third kappa shape index (κ3) is 2.97. The quantitative estimate of drug-likeness (QED) is 0.685. The highest BCUT2D eigenvalue weighted by molar-refractivity contribution is 7.14. The van der Waals surface area contributed by atoms with Crippen molar-refractivity contribution in [3.8, 4) is 11.4 Å². The van der Waals surface area contributed by atoms with E-state index in [2.05, 4.69) is 15.3 Å². The van der Waals surface area contributed by atoms with Crippen LogP contribution in [-0.2, 0) is 6.61 Å². The van der Waals surface area contributed by atoms with Gasteiger partial charge in [0.1, 0.15) is 0 Å². The normalized spacial score (nSPS) is 11.3. The topological polar surface area (TPSA) is 78.0 Å². The minimum absolute atomic E-state index is 0.0884. The van der Waals surface area contributed by atoms with E-state index in [1.54, 1.807) is 5.38 Å². The van der Waals surface area contributed by atoms with E-state index in [4.69, 9.17) is 5.11 Å². The van der Waals surface area contributed by atoms with Gasteiger partial charge in [-0.15, -0.1) is 11.3 Å². The molecule has 1 aromatic carbocycles. The maximum atomic E-state index is 14.4. The number of rotatable bonds is 4. The van der Waals surface area contributed by atoms with E-state index in [1.165, 1.54) is 29.5 Å². The van der Waals surface area contributed by atoms with Crippen LogP contribution in [0, 0.1) is 5.82 Å². The SMILES string of the molecule is CC(C)Nc1nc(-c2cc(=O)c3ccc(CO)c(F)c3[nH]2)cs1. The molecule has 0 spiro atoms. The molecule has 3 aromatic rings. The van der Waals surface area contributed by atoms with Crippen molar-refractivity contribution in [2.75, 3.05) is 5.32 Å². The summed E-state index contributed by atoms with van der Waals surface area (Å²) in [5.41, 5.74) is 0.968. The Labute approximate surface area is 135 Å². The molecule has 5 nitrogen and oxygen atoms in total. The van der Waals surface area contributed by atoms with Crippen LogP contribution in [0.25, 0.3) is 22.3 Å². The molecule has 3 rings (SSSR count). The zero-order valence-electron chi connectivity index (χ0n) is 12.7. The zero-order chi connectivity index (χ0) is 16.6. The van der Waals surface area contributed by atoms with Crippen molar-refractivity contribution in [3.05, 3.63) is 45.2 Å². The number of nitrogens with one attached hydrogen (secondary N) is 2. The van der Waals surface area contributed by atoms with Crippen LogP contribution in [0.15, 0.2) is 28.4 Å². The van der Waals surface area contributed by atoms with Gasteiger partial charge in [-0.05, 0) is 19.9 Å². The van der Waals surface area contributed by atoms with E-state index >= 15 is 0 Å². The van der Waals surface area contributed by atoms with Crippen molar-refractivity contribution in [3.63, 3.8) is 0 Å². The molecular formula is C16H16FN3O2S. The first-order chi connectivity index (χ1) is 11.0. The number of halogens is 1. The lowest BCUT2D eigenvalue weighted by atomic mass is 10.1. The molecular weight excluding hydrogens is 317 g/mol. The summed E-state index contributed by atoms with van der Waals surface area (Å²) in [5.74, 6) is -0.611. The molecule has 120 valence electrons. The van der Waals surface area contributed by atoms with Crippen LogP contribution in [0.4, 0.5) is 9.52 Å². The van der Waals surface area contributed by atoms with Crippen LogP contribution in [0.1, 0.15) is 19.4 Å². The van der Waals surface area contributed by atoms with Gasteiger partial charge in [0, 0.05) is 28.4 Å². The van der Waals surface area contributed by atoms with Gasteiger partial charge in [0.2, 0.25) is 0 Å². The number of H-pyrrole nitrogens is 1. The van der Waals surface area contributed by atoms with Crippen LogP contribution in [-0.4, -0.2) is 21.1 Å². The summed E-state index contributed by atoms with van der Waals surface area (Å²) in [4.78, 5) is 19.6. The molecule has 0 aliphatic heterocycles. The second-order valence-electron chi connectivity index (χ2n) is 5.50. The summed E-state index contributed by atoms with van der Waals surface area (Å²) >= 11 is 1.42. The number of anilines is 1. The molecule has 2 aromatic heterocycles. The first kappa shape index (κ1) is 15.6. The maximum absolute atomic E-state index is 14.4. The van der Waals surface area contributed by atoms with Crippen molar-refractivity contribution in [1.29, 1.82) is 0 Å². The Morgan fingerprint density at radius 1 is 1.43 bits per heavy atom. The number of aromatic amines is 1. The molecule has 23 heavy (non-hydrogen) atoms. The first-order valence-electron chi connectivity index (χ1n) is 7.17. The van der Waals surface area contributed by atoms with Gasteiger partial charge in [-0.1, -0.05) is 6.07 Å². The van der Waals surface area contributed by atoms with E-state index in [0.717, 1.165) is 5.13 Å². The van der Waals surface area contributed by atoms with Crippen LogP contribution in [0.2, 0.25) is 0 Å². The highest BCUT2D eigenvalue weighted by Crippen LogP contribution is 2.25. The highest BCUT2D eigenvalue weighted by atomic mass is 32.1. The highest BCUT2D eigenvalue weighted by Gasteiger charge is 2.13. The molecule has 2 heterocycles. The summed E-state index contributed by atoms with van der Waals surface area (Å²) in [6, 6.07) is 4.59. The average molecular weight is 333 g/mol. The Morgan fingerprint density at radius 2 is 2.22 bits per heavy atom. The Bertz CT molecular complexity index is 917. The number of aliphatic hydroxyl groups excluding tert-OH is 1. The van der Waals surface area contributed by atoms with Crippen LogP contribution in [0.5, 0.6) is 0 Å². The minimum atomic E-state index is -0.611. The number of hydrogen-bond donors (Lipinski definition) is 3. The Hall–Kier alpha value is -2.25. The molecule has 0 unspecified atom stereocenters. The van der Waals surface area contributed by atoms with E-state index in [-0.39, 0.29) is 27.9 Å². The standard InChI is InChI=1S/C16H16FN3O2S/c1-8(2)18-16-20-12(7-23-16)11-5-13(22)10-4-3-9(6-21)14(17)15(10)19-11/h3-5,7-8,21H,6H2,1-2H3,(H,18,20)(H,19,22). The predicted molar refractivity (Wildman–Crippen MR) is 90.3 cm³/mol. The zero-order valence-corrected chi connectivity index (χ0v) is 13.5. The van der Waals surface area contributed by atoms with Gasteiger partial charge in [0.25, 0.3) is 0 Å². The number of pyridine rings is 1. The molecule has 0 aliphatic rings. The first-order valence-corrected chi connectivity index (χ1v) is 8.05. The summed E-state index contributed by atoms with van der Waals surface area (Å²) in [6.45, 7) is 3.59. The van der Waals surface area contributed by atoms with Gasteiger partial charge in [-0.3, -0.25) is 4.79 Å². The van der Waals surface area contributed by atoms with Crippen molar-refractivity contribution >= 4 is 27.4 Å². The van der Waals surface area contributed by atoms with Crippen LogP contribution >= 0.6 is 11.3 Å².